The molecule has 0 aliphatic carbocycles. The minimum absolute atomic E-state index is 0.0301. The lowest BCUT2D eigenvalue weighted by atomic mass is 10.2. The fraction of sp³-hybridized carbons (Fsp3) is 0.100. The summed E-state index contributed by atoms with van der Waals surface area (Å²) in [5, 5.41) is 5.33. The predicted octanol–water partition coefficient (Wildman–Crippen LogP) is 1.85. The molecular weight excluding hydrogens is 235 g/mol. The molecule has 0 atom stereocenters. The Balaban J connectivity index is 2.57. The first kappa shape index (κ1) is 11.3. The van der Waals surface area contributed by atoms with E-state index in [2.05, 4.69) is 10.1 Å². The van der Waals surface area contributed by atoms with Gasteiger partial charge in [-0.3, -0.25) is 9.78 Å². The Bertz CT molecular complexity index is 577. The monoisotopic (exact) mass is 241 g/mol. The highest BCUT2D eigenvalue weighted by Gasteiger charge is 2.34. The molecule has 0 radical (unpaired) electrons. The maximum Gasteiger partial charge on any atom is 0.421 e. The number of aromatic amines is 1. The van der Waals surface area contributed by atoms with E-state index in [0.717, 1.165) is 0 Å². The van der Waals surface area contributed by atoms with Crippen molar-refractivity contribution in [3.8, 4) is 11.4 Å². The Morgan fingerprint density at radius 1 is 1.18 bits per heavy atom. The summed E-state index contributed by atoms with van der Waals surface area (Å²) in [5.41, 5.74) is -2.32. The third kappa shape index (κ3) is 2.32. The molecule has 0 aliphatic rings. The smallest absolute Gasteiger partial charge is 0.267 e. The number of alkyl halides is 3. The minimum Gasteiger partial charge on any atom is -0.267 e. The lowest BCUT2D eigenvalue weighted by molar-refractivity contribution is -0.138. The summed E-state index contributed by atoms with van der Waals surface area (Å²) in [5.74, 6) is 0. The van der Waals surface area contributed by atoms with Gasteiger partial charge in [-0.2, -0.15) is 18.3 Å². The van der Waals surface area contributed by atoms with Crippen molar-refractivity contribution in [3.63, 3.8) is 0 Å². The standard InChI is InChI=1S/C10H6F3N3O/c11-10(12,13)6-5-8(15-16-9(6)17)7-3-1-2-4-14-7/h1-5H,(H,16,17). The van der Waals surface area contributed by atoms with Gasteiger partial charge in [-0.25, -0.2) is 5.10 Å². The predicted molar refractivity (Wildman–Crippen MR) is 53.1 cm³/mol. The topological polar surface area (TPSA) is 58.6 Å². The van der Waals surface area contributed by atoms with Crippen LogP contribution >= 0.6 is 0 Å². The first-order chi connectivity index (χ1) is 7.98. The zero-order chi connectivity index (χ0) is 12.5. The fourth-order valence-electron chi connectivity index (χ4n) is 1.26. The molecule has 7 heteroatoms. The van der Waals surface area contributed by atoms with Crippen LogP contribution in [0.5, 0.6) is 0 Å². The molecule has 88 valence electrons. The molecule has 0 bridgehead atoms. The van der Waals surface area contributed by atoms with Gasteiger partial charge in [-0.05, 0) is 18.2 Å². The zero-order valence-electron chi connectivity index (χ0n) is 8.32. The number of aromatic nitrogens is 3. The second-order valence-electron chi connectivity index (χ2n) is 3.21. The molecule has 0 spiro atoms. The second kappa shape index (κ2) is 4.00. The number of H-pyrrole nitrogens is 1. The highest BCUT2D eigenvalue weighted by molar-refractivity contribution is 5.53. The molecule has 2 aromatic rings. The molecule has 0 saturated carbocycles. The quantitative estimate of drug-likeness (QED) is 0.828. The Morgan fingerprint density at radius 2 is 1.94 bits per heavy atom. The molecule has 0 amide bonds. The van der Waals surface area contributed by atoms with Gasteiger partial charge in [0.1, 0.15) is 11.3 Å². The highest BCUT2D eigenvalue weighted by Crippen LogP contribution is 2.27. The minimum atomic E-state index is -4.71. The Kier molecular flexibility index (Phi) is 2.66. The molecule has 1 N–H and O–H groups in total. The Labute approximate surface area is 93.1 Å². The third-order valence-electron chi connectivity index (χ3n) is 2.04. The van der Waals surface area contributed by atoms with Gasteiger partial charge in [-0.15, -0.1) is 0 Å². The van der Waals surface area contributed by atoms with E-state index >= 15 is 0 Å². The summed E-state index contributed by atoms with van der Waals surface area (Å²) in [6.45, 7) is 0. The molecule has 2 heterocycles. The normalized spacial score (nSPS) is 11.5. The van der Waals surface area contributed by atoms with Crippen LogP contribution in [-0.2, 0) is 6.18 Å². The largest absolute Gasteiger partial charge is 0.421 e. The number of nitrogens with one attached hydrogen (secondary N) is 1. The number of hydrogen-bond acceptors (Lipinski definition) is 3. The molecule has 17 heavy (non-hydrogen) atoms. The van der Waals surface area contributed by atoms with Crippen LogP contribution < -0.4 is 5.56 Å². The van der Waals surface area contributed by atoms with E-state index in [4.69, 9.17) is 0 Å². The summed E-state index contributed by atoms with van der Waals surface area (Å²) >= 11 is 0. The van der Waals surface area contributed by atoms with Gasteiger partial charge in [0.25, 0.3) is 5.56 Å². The maximum atomic E-state index is 12.5. The lowest BCUT2D eigenvalue weighted by Gasteiger charge is -2.06. The van der Waals surface area contributed by atoms with Gasteiger partial charge in [0, 0.05) is 6.20 Å². The lowest BCUT2D eigenvalue weighted by Crippen LogP contribution is -2.22. The van der Waals surface area contributed by atoms with Gasteiger partial charge in [-0.1, -0.05) is 6.07 Å². The molecule has 2 rings (SSSR count). The van der Waals surface area contributed by atoms with Gasteiger partial charge < -0.3 is 0 Å². The first-order valence-corrected chi connectivity index (χ1v) is 4.57. The van der Waals surface area contributed by atoms with Gasteiger partial charge >= 0.3 is 6.18 Å². The van der Waals surface area contributed by atoms with Crippen molar-refractivity contribution in [3.05, 3.63) is 46.4 Å². The number of rotatable bonds is 1. The molecular formula is C10H6F3N3O. The van der Waals surface area contributed by atoms with Crippen LogP contribution in [0.4, 0.5) is 13.2 Å². The number of pyridine rings is 1. The maximum absolute atomic E-state index is 12.5. The van der Waals surface area contributed by atoms with E-state index in [-0.39, 0.29) is 11.4 Å². The zero-order valence-corrected chi connectivity index (χ0v) is 8.32. The summed E-state index contributed by atoms with van der Waals surface area (Å²) in [7, 11) is 0. The van der Waals surface area contributed by atoms with E-state index < -0.39 is 17.3 Å². The number of nitrogens with zero attached hydrogens (tertiary/aromatic N) is 2. The van der Waals surface area contributed by atoms with Gasteiger partial charge in [0.2, 0.25) is 0 Å². The van der Waals surface area contributed by atoms with E-state index in [1.807, 2.05) is 5.10 Å². The van der Waals surface area contributed by atoms with Crippen molar-refractivity contribution in [2.45, 2.75) is 6.18 Å². The van der Waals surface area contributed by atoms with Crippen molar-refractivity contribution in [2.24, 2.45) is 0 Å². The van der Waals surface area contributed by atoms with Crippen LogP contribution in [0.2, 0.25) is 0 Å². The summed E-state index contributed by atoms with van der Waals surface area (Å²) in [6.07, 6.45) is -3.28. The van der Waals surface area contributed by atoms with Crippen LogP contribution in [0, 0.1) is 0 Å². The van der Waals surface area contributed by atoms with Crippen molar-refractivity contribution < 1.29 is 13.2 Å². The van der Waals surface area contributed by atoms with Gasteiger partial charge in [0.05, 0.1) is 5.69 Å². The number of halogens is 3. The first-order valence-electron chi connectivity index (χ1n) is 4.57. The van der Waals surface area contributed by atoms with Crippen LogP contribution in [0.1, 0.15) is 5.56 Å². The fourth-order valence-corrected chi connectivity index (χ4v) is 1.26. The average Bonchev–Trinajstić information content (AvgIpc) is 2.29. The number of hydrogen-bond donors (Lipinski definition) is 1. The molecule has 4 nitrogen and oxygen atoms in total. The molecule has 0 aliphatic heterocycles. The van der Waals surface area contributed by atoms with Crippen molar-refractivity contribution >= 4 is 0 Å². The van der Waals surface area contributed by atoms with E-state index in [1.165, 1.54) is 12.3 Å². The van der Waals surface area contributed by atoms with E-state index in [9.17, 15) is 18.0 Å². The highest BCUT2D eigenvalue weighted by atomic mass is 19.4. The van der Waals surface area contributed by atoms with Crippen LogP contribution in [0.3, 0.4) is 0 Å². The molecule has 0 fully saturated rings. The third-order valence-corrected chi connectivity index (χ3v) is 2.04. The van der Waals surface area contributed by atoms with E-state index in [0.29, 0.717) is 6.07 Å². The summed E-state index contributed by atoms with van der Waals surface area (Å²) in [4.78, 5) is 14.8. The second-order valence-corrected chi connectivity index (χ2v) is 3.21. The summed E-state index contributed by atoms with van der Waals surface area (Å²) in [6, 6.07) is 5.42. The molecule has 0 aromatic carbocycles. The van der Waals surface area contributed by atoms with Crippen molar-refractivity contribution in [1.29, 1.82) is 0 Å². The van der Waals surface area contributed by atoms with E-state index in [1.54, 1.807) is 12.1 Å². The molecule has 0 saturated heterocycles. The van der Waals surface area contributed by atoms with Gasteiger partial charge in [0.15, 0.2) is 0 Å². The summed E-state index contributed by atoms with van der Waals surface area (Å²) < 4.78 is 37.4. The Morgan fingerprint density at radius 3 is 2.53 bits per heavy atom. The molecule has 0 unspecified atom stereocenters. The van der Waals surface area contributed by atoms with Crippen LogP contribution in [0.25, 0.3) is 11.4 Å². The van der Waals surface area contributed by atoms with Crippen LogP contribution in [0.15, 0.2) is 35.3 Å². The van der Waals surface area contributed by atoms with Crippen molar-refractivity contribution in [1.82, 2.24) is 15.2 Å². The Hall–Kier alpha value is -2.18. The van der Waals surface area contributed by atoms with Crippen LogP contribution in [-0.4, -0.2) is 15.2 Å². The SMILES string of the molecule is O=c1[nH]nc(-c2ccccn2)cc1C(F)(F)F. The molecule has 2 aromatic heterocycles. The average molecular weight is 241 g/mol. The van der Waals surface area contributed by atoms with Crippen molar-refractivity contribution in [2.75, 3.05) is 0 Å².